The van der Waals surface area contributed by atoms with Crippen LogP contribution in [0, 0.1) is 0 Å². The van der Waals surface area contributed by atoms with E-state index in [1.807, 2.05) is 0 Å². The maximum absolute atomic E-state index is 10.3. The molecule has 2 aliphatic rings. The lowest BCUT2D eigenvalue weighted by molar-refractivity contribution is -0.0939. The Morgan fingerprint density at radius 2 is 2.00 bits per heavy atom. The zero-order valence-corrected chi connectivity index (χ0v) is 9.50. The largest absolute Gasteiger partial charge is 0.387 e. The molecule has 3 heteroatoms. The topological polar surface area (TPSA) is 41.5 Å². The van der Waals surface area contributed by atoms with Crippen LogP contribution in [-0.2, 0) is 4.74 Å². The van der Waals surface area contributed by atoms with Gasteiger partial charge in [-0.05, 0) is 32.2 Å². The second-order valence-corrected chi connectivity index (χ2v) is 5.06. The van der Waals surface area contributed by atoms with Crippen LogP contribution < -0.4 is 5.32 Å². The molecule has 0 spiro atoms. The van der Waals surface area contributed by atoms with E-state index in [0.29, 0.717) is 12.7 Å². The summed E-state index contributed by atoms with van der Waals surface area (Å²) >= 11 is 0. The molecule has 0 unspecified atom stereocenters. The second kappa shape index (κ2) is 5.28. The average molecular weight is 213 g/mol. The van der Waals surface area contributed by atoms with Gasteiger partial charge in [0, 0.05) is 6.54 Å². The van der Waals surface area contributed by atoms with E-state index < -0.39 is 5.60 Å². The molecule has 1 saturated carbocycles. The fourth-order valence-corrected chi connectivity index (χ4v) is 2.59. The van der Waals surface area contributed by atoms with Gasteiger partial charge in [0.2, 0.25) is 0 Å². The number of ether oxygens (including phenoxy) is 1. The first-order valence-electron chi connectivity index (χ1n) is 6.33. The summed E-state index contributed by atoms with van der Waals surface area (Å²) in [5, 5.41) is 13.6. The van der Waals surface area contributed by atoms with Crippen molar-refractivity contribution in [2.75, 3.05) is 19.7 Å². The van der Waals surface area contributed by atoms with Gasteiger partial charge in [-0.2, -0.15) is 0 Å². The number of rotatable bonds is 3. The molecule has 2 rings (SSSR count). The zero-order chi connectivity index (χ0) is 10.6. The molecule has 2 fully saturated rings. The smallest absolute Gasteiger partial charge is 0.0880 e. The van der Waals surface area contributed by atoms with Crippen molar-refractivity contribution >= 4 is 0 Å². The third-order valence-electron chi connectivity index (χ3n) is 3.62. The lowest BCUT2D eigenvalue weighted by Gasteiger charge is -2.34. The molecular formula is C12H23NO2. The van der Waals surface area contributed by atoms with Gasteiger partial charge >= 0.3 is 0 Å². The van der Waals surface area contributed by atoms with Gasteiger partial charge in [0.25, 0.3) is 0 Å². The van der Waals surface area contributed by atoms with Crippen LogP contribution in [0.2, 0.25) is 0 Å². The molecule has 1 atom stereocenters. The fraction of sp³-hybridized carbons (Fsp3) is 1.00. The maximum Gasteiger partial charge on any atom is 0.0880 e. The van der Waals surface area contributed by atoms with E-state index in [1.165, 1.54) is 12.8 Å². The molecule has 1 aliphatic heterocycles. The molecule has 1 saturated heterocycles. The molecule has 2 N–H and O–H groups in total. The van der Waals surface area contributed by atoms with Crippen molar-refractivity contribution in [3.8, 4) is 0 Å². The van der Waals surface area contributed by atoms with Crippen LogP contribution >= 0.6 is 0 Å². The molecule has 0 bridgehead atoms. The van der Waals surface area contributed by atoms with Gasteiger partial charge in [-0.1, -0.05) is 19.3 Å². The highest BCUT2D eigenvalue weighted by molar-refractivity contribution is 4.83. The summed E-state index contributed by atoms with van der Waals surface area (Å²) in [5.74, 6) is 0. The minimum Gasteiger partial charge on any atom is -0.387 e. The molecule has 0 radical (unpaired) electrons. The summed E-state index contributed by atoms with van der Waals surface area (Å²) < 4.78 is 5.81. The van der Waals surface area contributed by atoms with Crippen molar-refractivity contribution < 1.29 is 9.84 Å². The van der Waals surface area contributed by atoms with Crippen molar-refractivity contribution in [2.45, 2.75) is 56.7 Å². The van der Waals surface area contributed by atoms with Crippen LogP contribution in [0.15, 0.2) is 0 Å². The Labute approximate surface area is 92.2 Å². The first-order chi connectivity index (χ1) is 7.29. The summed E-state index contributed by atoms with van der Waals surface area (Å²) in [4.78, 5) is 0. The van der Waals surface area contributed by atoms with E-state index in [9.17, 15) is 5.11 Å². The summed E-state index contributed by atoms with van der Waals surface area (Å²) in [6.45, 7) is 2.61. The van der Waals surface area contributed by atoms with Crippen LogP contribution in [0.1, 0.15) is 44.9 Å². The van der Waals surface area contributed by atoms with Crippen molar-refractivity contribution in [3.63, 3.8) is 0 Å². The first-order valence-corrected chi connectivity index (χ1v) is 6.33. The van der Waals surface area contributed by atoms with Gasteiger partial charge in [0.15, 0.2) is 0 Å². The standard InChI is InChI=1S/C12H23NO2/c14-12(6-2-1-3-7-12)10-15-11-5-4-8-13-9-11/h11,13-14H,1-10H2/t11-/m0/s1. The Kier molecular flexibility index (Phi) is 4.00. The summed E-state index contributed by atoms with van der Waals surface area (Å²) in [7, 11) is 0. The molecular weight excluding hydrogens is 190 g/mol. The Hall–Kier alpha value is -0.120. The van der Waals surface area contributed by atoms with E-state index in [-0.39, 0.29) is 0 Å². The molecule has 0 aromatic carbocycles. The van der Waals surface area contributed by atoms with Gasteiger partial charge in [-0.15, -0.1) is 0 Å². The quantitative estimate of drug-likeness (QED) is 0.745. The lowest BCUT2D eigenvalue weighted by atomic mass is 9.85. The van der Waals surface area contributed by atoms with Crippen molar-refractivity contribution in [1.82, 2.24) is 5.32 Å². The predicted octanol–water partition coefficient (Wildman–Crippen LogP) is 1.45. The Morgan fingerprint density at radius 1 is 1.20 bits per heavy atom. The number of hydrogen-bond donors (Lipinski definition) is 2. The van der Waals surface area contributed by atoms with Crippen molar-refractivity contribution in [3.05, 3.63) is 0 Å². The van der Waals surface area contributed by atoms with Crippen LogP contribution in [0.25, 0.3) is 0 Å². The summed E-state index contributed by atoms with van der Waals surface area (Å²) in [6.07, 6.45) is 8.09. The number of piperidine rings is 1. The normalized spacial score (nSPS) is 31.4. The molecule has 1 aliphatic carbocycles. The highest BCUT2D eigenvalue weighted by Crippen LogP contribution is 2.28. The summed E-state index contributed by atoms with van der Waals surface area (Å²) in [6, 6.07) is 0. The molecule has 0 amide bonds. The minimum absolute atomic E-state index is 0.324. The molecule has 1 heterocycles. The Bertz CT molecular complexity index is 184. The van der Waals surface area contributed by atoms with Crippen molar-refractivity contribution in [1.29, 1.82) is 0 Å². The van der Waals surface area contributed by atoms with Gasteiger partial charge in [-0.25, -0.2) is 0 Å². The van der Waals surface area contributed by atoms with Crippen LogP contribution in [0.5, 0.6) is 0 Å². The van der Waals surface area contributed by atoms with Gasteiger partial charge in [0.05, 0.1) is 18.3 Å². The Balaban J connectivity index is 1.70. The van der Waals surface area contributed by atoms with Gasteiger partial charge in [-0.3, -0.25) is 0 Å². The molecule has 0 aromatic heterocycles. The molecule has 15 heavy (non-hydrogen) atoms. The number of nitrogens with one attached hydrogen (secondary N) is 1. The first kappa shape index (κ1) is 11.4. The third kappa shape index (κ3) is 3.44. The average Bonchev–Trinajstić information content (AvgIpc) is 2.29. The van der Waals surface area contributed by atoms with E-state index >= 15 is 0 Å². The van der Waals surface area contributed by atoms with Gasteiger partial charge < -0.3 is 15.2 Å². The van der Waals surface area contributed by atoms with E-state index in [0.717, 1.165) is 45.2 Å². The van der Waals surface area contributed by atoms with E-state index in [2.05, 4.69) is 5.32 Å². The monoisotopic (exact) mass is 213 g/mol. The summed E-state index contributed by atoms with van der Waals surface area (Å²) in [5.41, 5.74) is -0.518. The molecule has 3 nitrogen and oxygen atoms in total. The van der Waals surface area contributed by atoms with Crippen LogP contribution in [-0.4, -0.2) is 36.5 Å². The van der Waals surface area contributed by atoms with Crippen LogP contribution in [0.3, 0.4) is 0 Å². The number of hydrogen-bond acceptors (Lipinski definition) is 3. The van der Waals surface area contributed by atoms with Crippen molar-refractivity contribution in [2.24, 2.45) is 0 Å². The maximum atomic E-state index is 10.3. The van der Waals surface area contributed by atoms with E-state index in [1.54, 1.807) is 0 Å². The minimum atomic E-state index is -0.518. The SMILES string of the molecule is OC1(CO[C@H]2CCCNC2)CCCCC1. The second-order valence-electron chi connectivity index (χ2n) is 5.06. The zero-order valence-electron chi connectivity index (χ0n) is 9.50. The number of aliphatic hydroxyl groups is 1. The fourth-order valence-electron chi connectivity index (χ4n) is 2.59. The van der Waals surface area contributed by atoms with Crippen LogP contribution in [0.4, 0.5) is 0 Å². The molecule has 0 aromatic rings. The van der Waals surface area contributed by atoms with Gasteiger partial charge in [0.1, 0.15) is 0 Å². The highest BCUT2D eigenvalue weighted by Gasteiger charge is 2.30. The van der Waals surface area contributed by atoms with E-state index in [4.69, 9.17) is 4.74 Å². The highest BCUT2D eigenvalue weighted by atomic mass is 16.5. The third-order valence-corrected chi connectivity index (χ3v) is 3.62. The molecule has 88 valence electrons. The lowest BCUT2D eigenvalue weighted by Crippen LogP contribution is -2.42. The Morgan fingerprint density at radius 3 is 2.67 bits per heavy atom. The predicted molar refractivity (Wildman–Crippen MR) is 59.9 cm³/mol.